The number of benzene rings is 1. The second-order valence-electron chi connectivity index (χ2n) is 6.40. The van der Waals surface area contributed by atoms with Crippen LogP contribution in [0, 0.1) is 5.92 Å². The third-order valence-electron chi connectivity index (χ3n) is 5.14. The van der Waals surface area contributed by atoms with E-state index in [4.69, 9.17) is 17.3 Å². The van der Waals surface area contributed by atoms with Crippen molar-refractivity contribution < 1.29 is 4.79 Å². The van der Waals surface area contributed by atoms with Crippen LogP contribution >= 0.6 is 22.9 Å². The summed E-state index contributed by atoms with van der Waals surface area (Å²) in [6, 6.07) is 12.1. The number of hydrogen-bond acceptors (Lipinski definition) is 3. The molecule has 2 heterocycles. The normalized spacial score (nSPS) is 26.0. The molecular weight excluding hydrogens is 328 g/mol. The van der Waals surface area contributed by atoms with E-state index in [0.29, 0.717) is 6.54 Å². The molecule has 1 aliphatic carbocycles. The standard InChI is InChI=1S/C18H19ClN2OS/c19-16-8-7-15(23-16)18(10-13(18)11-20)17(22)21-9-3-5-12-4-1-2-6-14(12)21/h1-2,4,6-8,13H,3,5,9-11,20H2/t13-,18-/m0/s1. The number of nitrogens with zero attached hydrogens (tertiary/aromatic N) is 1. The quantitative estimate of drug-likeness (QED) is 0.923. The highest BCUT2D eigenvalue weighted by Gasteiger charge is 2.62. The molecule has 0 bridgehead atoms. The van der Waals surface area contributed by atoms with E-state index < -0.39 is 5.41 Å². The predicted molar refractivity (Wildman–Crippen MR) is 95.3 cm³/mol. The number of nitrogens with two attached hydrogens (primary N) is 1. The predicted octanol–water partition coefficient (Wildman–Crippen LogP) is 3.60. The van der Waals surface area contributed by atoms with E-state index in [1.54, 1.807) is 0 Å². The van der Waals surface area contributed by atoms with Crippen LogP contribution in [-0.4, -0.2) is 19.0 Å². The van der Waals surface area contributed by atoms with Crippen LogP contribution in [0.1, 0.15) is 23.3 Å². The van der Waals surface area contributed by atoms with Crippen molar-refractivity contribution in [3.63, 3.8) is 0 Å². The number of aryl methyl sites for hydroxylation is 1. The summed E-state index contributed by atoms with van der Waals surface area (Å²) in [6.07, 6.45) is 2.88. The summed E-state index contributed by atoms with van der Waals surface area (Å²) < 4.78 is 0.730. The van der Waals surface area contributed by atoms with Crippen LogP contribution in [0.4, 0.5) is 5.69 Å². The highest BCUT2D eigenvalue weighted by molar-refractivity contribution is 7.16. The molecule has 0 unspecified atom stereocenters. The maximum atomic E-state index is 13.5. The highest BCUT2D eigenvalue weighted by Crippen LogP contribution is 2.57. The molecule has 5 heteroatoms. The SMILES string of the molecule is NC[C@@H]1C[C@@]1(C(=O)N1CCCc2ccccc21)c1ccc(Cl)s1. The molecule has 2 aliphatic rings. The van der Waals surface area contributed by atoms with Gasteiger partial charge in [0.1, 0.15) is 0 Å². The molecule has 1 aromatic heterocycles. The van der Waals surface area contributed by atoms with Gasteiger partial charge in [-0.25, -0.2) is 0 Å². The number of thiophene rings is 1. The van der Waals surface area contributed by atoms with E-state index in [1.807, 2.05) is 29.2 Å². The van der Waals surface area contributed by atoms with E-state index in [2.05, 4.69) is 12.1 Å². The van der Waals surface area contributed by atoms with Crippen LogP contribution in [0.3, 0.4) is 0 Å². The van der Waals surface area contributed by atoms with Gasteiger partial charge in [-0.1, -0.05) is 29.8 Å². The van der Waals surface area contributed by atoms with Crippen LogP contribution in [0.25, 0.3) is 0 Å². The van der Waals surface area contributed by atoms with E-state index in [0.717, 1.165) is 40.7 Å². The Labute approximate surface area is 145 Å². The van der Waals surface area contributed by atoms with Gasteiger partial charge in [-0.15, -0.1) is 11.3 Å². The first-order valence-corrected chi connectivity index (χ1v) is 9.22. The Morgan fingerprint density at radius 2 is 2.17 bits per heavy atom. The topological polar surface area (TPSA) is 46.3 Å². The van der Waals surface area contributed by atoms with Gasteiger partial charge in [0, 0.05) is 17.1 Å². The molecule has 2 atom stereocenters. The maximum absolute atomic E-state index is 13.5. The number of halogens is 1. The van der Waals surface area contributed by atoms with Crippen molar-refractivity contribution in [2.75, 3.05) is 18.0 Å². The molecule has 1 aliphatic heterocycles. The average molecular weight is 347 g/mol. The van der Waals surface area contributed by atoms with Crippen LogP contribution in [0.2, 0.25) is 4.34 Å². The molecule has 2 aromatic rings. The number of rotatable bonds is 3. The van der Waals surface area contributed by atoms with E-state index in [-0.39, 0.29) is 11.8 Å². The fraction of sp³-hybridized carbons (Fsp3) is 0.389. The summed E-state index contributed by atoms with van der Waals surface area (Å²) in [6.45, 7) is 1.32. The summed E-state index contributed by atoms with van der Waals surface area (Å²) in [5, 5.41) is 0. The monoisotopic (exact) mass is 346 g/mol. The summed E-state index contributed by atoms with van der Waals surface area (Å²) >= 11 is 7.63. The van der Waals surface area contributed by atoms with Crippen molar-refractivity contribution in [2.45, 2.75) is 24.7 Å². The second-order valence-corrected chi connectivity index (χ2v) is 8.12. The fourth-order valence-electron chi connectivity index (χ4n) is 3.82. The van der Waals surface area contributed by atoms with Crippen molar-refractivity contribution in [1.82, 2.24) is 0 Å². The van der Waals surface area contributed by atoms with E-state index in [9.17, 15) is 4.79 Å². The van der Waals surface area contributed by atoms with Crippen molar-refractivity contribution in [2.24, 2.45) is 11.7 Å². The zero-order valence-electron chi connectivity index (χ0n) is 12.8. The molecule has 0 spiro atoms. The third kappa shape index (κ3) is 2.32. The number of hydrogen-bond donors (Lipinski definition) is 1. The van der Waals surface area contributed by atoms with Gasteiger partial charge in [-0.05, 0) is 55.5 Å². The fourth-order valence-corrected chi connectivity index (χ4v) is 5.14. The van der Waals surface area contributed by atoms with E-state index >= 15 is 0 Å². The molecule has 0 radical (unpaired) electrons. The Balaban J connectivity index is 1.73. The minimum Gasteiger partial charge on any atom is -0.330 e. The number of carbonyl (C=O) groups is 1. The van der Waals surface area contributed by atoms with Gasteiger partial charge in [-0.2, -0.15) is 0 Å². The van der Waals surface area contributed by atoms with Gasteiger partial charge in [0.25, 0.3) is 0 Å². The Kier molecular flexibility index (Phi) is 3.71. The number of fused-ring (bicyclic) bond motifs is 1. The molecule has 1 fully saturated rings. The molecule has 23 heavy (non-hydrogen) atoms. The van der Waals surface area contributed by atoms with Gasteiger partial charge in [-0.3, -0.25) is 4.79 Å². The van der Waals surface area contributed by atoms with Gasteiger partial charge in [0.2, 0.25) is 5.91 Å². The highest BCUT2D eigenvalue weighted by atomic mass is 35.5. The Morgan fingerprint density at radius 3 is 2.87 bits per heavy atom. The maximum Gasteiger partial charge on any atom is 0.238 e. The third-order valence-corrected chi connectivity index (χ3v) is 6.55. The molecule has 4 rings (SSSR count). The van der Waals surface area contributed by atoms with Crippen LogP contribution in [-0.2, 0) is 16.6 Å². The molecule has 0 saturated heterocycles. The van der Waals surface area contributed by atoms with Gasteiger partial charge < -0.3 is 10.6 Å². The van der Waals surface area contributed by atoms with Crippen LogP contribution < -0.4 is 10.6 Å². The molecular formula is C18H19ClN2OS. The smallest absolute Gasteiger partial charge is 0.238 e. The Bertz CT molecular complexity index is 759. The summed E-state index contributed by atoms with van der Waals surface area (Å²) in [5.41, 5.74) is 7.78. The first-order valence-electron chi connectivity index (χ1n) is 8.02. The van der Waals surface area contributed by atoms with Gasteiger partial charge in [0.15, 0.2) is 0 Å². The second kappa shape index (κ2) is 5.62. The summed E-state index contributed by atoms with van der Waals surface area (Å²) in [4.78, 5) is 16.5. The van der Waals surface area contributed by atoms with Crippen LogP contribution in [0.15, 0.2) is 36.4 Å². The first kappa shape index (κ1) is 15.2. The van der Waals surface area contributed by atoms with Crippen molar-refractivity contribution >= 4 is 34.5 Å². The number of carbonyl (C=O) groups excluding carboxylic acids is 1. The van der Waals surface area contributed by atoms with Crippen molar-refractivity contribution in [3.05, 3.63) is 51.2 Å². The summed E-state index contributed by atoms with van der Waals surface area (Å²) in [5.74, 6) is 0.414. The Hall–Kier alpha value is -1.36. The molecule has 120 valence electrons. The lowest BCUT2D eigenvalue weighted by atomic mass is 9.95. The number of para-hydroxylation sites is 1. The average Bonchev–Trinajstić information content (AvgIpc) is 3.18. The minimum atomic E-state index is -0.461. The van der Waals surface area contributed by atoms with Crippen molar-refractivity contribution in [1.29, 1.82) is 0 Å². The molecule has 3 nitrogen and oxygen atoms in total. The lowest BCUT2D eigenvalue weighted by molar-refractivity contribution is -0.121. The molecule has 1 saturated carbocycles. The van der Waals surface area contributed by atoms with Gasteiger partial charge >= 0.3 is 0 Å². The van der Waals surface area contributed by atoms with Gasteiger partial charge in [0.05, 0.1) is 9.75 Å². The lowest BCUT2D eigenvalue weighted by Gasteiger charge is -2.32. The zero-order valence-corrected chi connectivity index (χ0v) is 14.4. The number of amides is 1. The Morgan fingerprint density at radius 1 is 1.35 bits per heavy atom. The number of anilines is 1. The largest absolute Gasteiger partial charge is 0.330 e. The minimum absolute atomic E-state index is 0.193. The summed E-state index contributed by atoms with van der Waals surface area (Å²) in [7, 11) is 0. The van der Waals surface area contributed by atoms with E-state index in [1.165, 1.54) is 16.9 Å². The molecule has 1 amide bonds. The van der Waals surface area contributed by atoms with Crippen molar-refractivity contribution in [3.8, 4) is 0 Å². The molecule has 2 N–H and O–H groups in total. The van der Waals surface area contributed by atoms with Crippen LogP contribution in [0.5, 0.6) is 0 Å². The lowest BCUT2D eigenvalue weighted by Crippen LogP contribution is -2.43. The first-order chi connectivity index (χ1) is 11.2. The zero-order chi connectivity index (χ0) is 16.0. The molecule has 1 aromatic carbocycles.